The van der Waals surface area contributed by atoms with Crippen LogP contribution in [0, 0.1) is 0 Å². The summed E-state index contributed by atoms with van der Waals surface area (Å²) in [6, 6.07) is 36.3. The third kappa shape index (κ3) is 2.75. The highest BCUT2D eigenvalue weighted by Gasteiger charge is 2.13. The van der Waals surface area contributed by atoms with E-state index in [1.165, 1.54) is 40.3 Å². The molecule has 0 saturated carbocycles. The Morgan fingerprint density at radius 2 is 0.655 bits per heavy atom. The Morgan fingerprint density at radius 3 is 0.966 bits per heavy atom. The van der Waals surface area contributed by atoms with Gasteiger partial charge in [0.1, 0.15) is 0 Å². The zero-order chi connectivity index (χ0) is 19.2. The molecule has 0 aliphatic heterocycles. The Labute approximate surface area is 172 Å². The number of benzene rings is 4. The van der Waals surface area contributed by atoms with E-state index in [0.29, 0.717) is 0 Å². The number of hydrogen-bond acceptors (Lipinski definition) is 0. The van der Waals surface area contributed by atoms with Gasteiger partial charge in [0.25, 0.3) is 0 Å². The van der Waals surface area contributed by atoms with Gasteiger partial charge in [0.05, 0.1) is 0 Å². The normalized spacial score (nSPS) is 11.9. The molecule has 140 valence electrons. The third-order valence-electron chi connectivity index (χ3n) is 6.12. The van der Waals surface area contributed by atoms with Crippen molar-refractivity contribution >= 4 is 57.1 Å². The van der Waals surface area contributed by atoms with E-state index in [4.69, 9.17) is 0 Å². The first-order valence-corrected chi connectivity index (χ1v) is 13.4. The van der Waals surface area contributed by atoms with Crippen molar-refractivity contribution in [2.75, 3.05) is 0 Å². The topological polar surface area (TPSA) is 0 Å². The molecule has 0 N–H and O–H groups in total. The van der Waals surface area contributed by atoms with Crippen molar-refractivity contribution < 1.29 is 0 Å². The molecule has 2 aromatic heterocycles. The zero-order valence-electron chi connectivity index (χ0n) is 16.3. The van der Waals surface area contributed by atoms with Crippen molar-refractivity contribution in [2.45, 2.75) is 18.7 Å². The van der Waals surface area contributed by atoms with Gasteiger partial charge in [0, 0.05) is 20.5 Å². The summed E-state index contributed by atoms with van der Waals surface area (Å²) in [7, 11) is -0.443. The van der Waals surface area contributed by atoms with Crippen LogP contribution in [0.15, 0.2) is 97.1 Å². The van der Waals surface area contributed by atoms with E-state index in [1.807, 2.05) is 0 Å². The van der Waals surface area contributed by atoms with E-state index in [9.17, 15) is 0 Å². The van der Waals surface area contributed by atoms with Gasteiger partial charge in [-0.3, -0.25) is 0 Å². The van der Waals surface area contributed by atoms with E-state index in [0.717, 1.165) is 0 Å². The van der Waals surface area contributed by atoms with Crippen molar-refractivity contribution in [3.63, 3.8) is 0 Å². The lowest BCUT2D eigenvalue weighted by atomic mass is 10.2. The quantitative estimate of drug-likeness (QED) is 0.272. The van der Waals surface area contributed by atoms with Gasteiger partial charge in [-0.25, -0.2) is 0 Å². The Balaban J connectivity index is 1.40. The molecule has 29 heavy (non-hydrogen) atoms. The van der Waals surface area contributed by atoms with E-state index >= 15 is 0 Å². The highest BCUT2D eigenvalue weighted by molar-refractivity contribution is 7.61. The fraction of sp³-hybridized carbons (Fsp3) is 0.111. The minimum absolute atomic E-state index is 0.221. The second-order valence-corrected chi connectivity index (χ2v) is 12.3. The molecule has 0 unspecified atom stereocenters. The van der Waals surface area contributed by atoms with Gasteiger partial charge in [-0.15, -0.1) is 15.1 Å². The number of rotatable bonds is 4. The Bertz CT molecular complexity index is 1260. The van der Waals surface area contributed by atoms with Crippen LogP contribution in [-0.2, 0) is 12.3 Å². The van der Waals surface area contributed by atoms with Crippen molar-refractivity contribution in [2.24, 2.45) is 0 Å². The Morgan fingerprint density at radius 1 is 0.379 bits per heavy atom. The highest BCUT2D eigenvalue weighted by Crippen LogP contribution is 2.53. The van der Waals surface area contributed by atoms with E-state index < -0.39 is 0 Å². The first-order chi connectivity index (χ1) is 14.4. The first kappa shape index (κ1) is 17.3. The van der Waals surface area contributed by atoms with E-state index in [2.05, 4.69) is 97.1 Å². The molecule has 0 bridgehead atoms. The lowest BCUT2D eigenvalue weighted by Gasteiger charge is -2.05. The van der Waals surface area contributed by atoms with Gasteiger partial charge >= 0.3 is 0 Å². The molecule has 6 aromatic rings. The van der Waals surface area contributed by atoms with Gasteiger partial charge in [0.15, 0.2) is 0 Å². The maximum atomic E-state index is 2.37. The Kier molecular flexibility index (Phi) is 4.23. The summed E-state index contributed by atoms with van der Waals surface area (Å²) < 4.78 is 0. The van der Waals surface area contributed by atoms with Gasteiger partial charge in [-0.05, 0) is 40.3 Å². The van der Waals surface area contributed by atoms with Crippen LogP contribution in [0.3, 0.4) is 0 Å². The second-order valence-electron chi connectivity index (χ2n) is 7.73. The minimum Gasteiger partial charge on any atom is -0.109 e. The largest absolute Gasteiger partial charge is 0.109 e. The highest BCUT2D eigenvalue weighted by atomic mass is 31.1. The van der Waals surface area contributed by atoms with Crippen LogP contribution in [0.1, 0.15) is 6.42 Å². The van der Waals surface area contributed by atoms with Gasteiger partial charge in [-0.1, -0.05) is 97.1 Å². The van der Waals surface area contributed by atoms with E-state index in [-0.39, 0.29) is 15.1 Å². The molecule has 0 radical (unpaired) electrons. The molecule has 2 heteroatoms. The molecule has 0 saturated heterocycles. The molecule has 0 amide bonds. The summed E-state index contributed by atoms with van der Waals surface area (Å²) in [6.07, 6.45) is 3.89. The summed E-state index contributed by atoms with van der Waals surface area (Å²) in [6.45, 7) is 0. The molecule has 0 fully saturated rings. The van der Waals surface area contributed by atoms with Gasteiger partial charge < -0.3 is 0 Å². The summed E-state index contributed by atoms with van der Waals surface area (Å²) in [5, 5.41) is 12.2. The molecule has 2 heterocycles. The maximum Gasteiger partial charge on any atom is 0.00238 e. The van der Waals surface area contributed by atoms with Gasteiger partial charge in [-0.2, -0.15) is 0 Å². The molecular formula is C27H22P2. The maximum absolute atomic E-state index is 2.37. The molecule has 0 aliphatic rings. The van der Waals surface area contributed by atoms with Crippen LogP contribution >= 0.6 is 15.1 Å². The molecule has 0 spiro atoms. The Hall–Kier alpha value is -2.52. The van der Waals surface area contributed by atoms with Crippen LogP contribution in [0.5, 0.6) is 0 Å². The van der Waals surface area contributed by atoms with Crippen LogP contribution in [0.25, 0.3) is 42.0 Å². The molecule has 6 rings (SSSR count). The third-order valence-corrected chi connectivity index (χ3v) is 11.5. The number of fused-ring (bicyclic) bond motifs is 6. The average Bonchev–Trinajstić information content (AvgIpc) is 3.28. The SMILES string of the molecule is c1ccc2c(c1)c1ccccc1p2CCCp1c2ccccc2c2ccccc21. The van der Waals surface area contributed by atoms with Crippen LogP contribution in [-0.4, -0.2) is 0 Å². The predicted molar refractivity (Wildman–Crippen MR) is 133 cm³/mol. The number of hydrogen-bond donors (Lipinski definition) is 0. The fourth-order valence-corrected chi connectivity index (χ4v) is 10.6. The van der Waals surface area contributed by atoms with Crippen molar-refractivity contribution in [1.82, 2.24) is 0 Å². The van der Waals surface area contributed by atoms with Crippen LogP contribution < -0.4 is 0 Å². The lowest BCUT2D eigenvalue weighted by Crippen LogP contribution is -1.75. The summed E-state index contributed by atoms with van der Waals surface area (Å²) >= 11 is 0. The standard InChI is InChI=1S/C27H22P2/c1-5-14-24-20(10-1)21-11-2-6-15-25(21)28(24)18-9-19-29-26-16-7-3-12-22(26)23-13-4-8-17-27(23)29/h1-8,10-17H,9,18-19H2. The van der Waals surface area contributed by atoms with Crippen molar-refractivity contribution in [3.8, 4) is 0 Å². The lowest BCUT2D eigenvalue weighted by molar-refractivity contribution is 0.987. The molecule has 4 aromatic carbocycles. The summed E-state index contributed by atoms with van der Waals surface area (Å²) in [4.78, 5) is 0. The fourth-order valence-electron chi connectivity index (χ4n) is 4.88. The average molecular weight is 408 g/mol. The smallest absolute Gasteiger partial charge is 0.00238 e. The van der Waals surface area contributed by atoms with Crippen molar-refractivity contribution in [1.29, 1.82) is 0 Å². The second kappa shape index (κ2) is 7.07. The molecule has 0 atom stereocenters. The summed E-state index contributed by atoms with van der Waals surface area (Å²) in [5.41, 5.74) is 0. The minimum atomic E-state index is -0.221. The van der Waals surface area contributed by atoms with Crippen molar-refractivity contribution in [3.05, 3.63) is 97.1 Å². The molecule has 0 aliphatic carbocycles. The van der Waals surface area contributed by atoms with Crippen LogP contribution in [0.2, 0.25) is 0 Å². The van der Waals surface area contributed by atoms with E-state index in [1.54, 1.807) is 20.5 Å². The molecular weight excluding hydrogens is 386 g/mol. The first-order valence-electron chi connectivity index (χ1n) is 10.3. The molecule has 0 nitrogen and oxygen atoms in total. The predicted octanol–water partition coefficient (Wildman–Crippen LogP) is 9.36. The number of aryl methyl sites for hydroxylation is 2. The summed E-state index contributed by atoms with van der Waals surface area (Å²) in [5.74, 6) is 0. The monoisotopic (exact) mass is 408 g/mol. The zero-order valence-corrected chi connectivity index (χ0v) is 18.0. The van der Waals surface area contributed by atoms with Gasteiger partial charge in [0.2, 0.25) is 0 Å². The van der Waals surface area contributed by atoms with Crippen LogP contribution in [0.4, 0.5) is 0 Å².